The molecule has 0 unspecified atom stereocenters. The van der Waals surface area contributed by atoms with E-state index in [1.807, 2.05) is 0 Å². The highest BCUT2D eigenvalue weighted by Gasteiger charge is 2.14. The number of rotatable bonds is 2. The molecule has 3 nitrogen and oxygen atoms in total. The van der Waals surface area contributed by atoms with E-state index < -0.39 is 35.3 Å². The summed E-state index contributed by atoms with van der Waals surface area (Å²) in [5.74, 6) is -3.83. The Bertz CT molecular complexity index is 379. The zero-order valence-corrected chi connectivity index (χ0v) is 6.97. The summed E-state index contributed by atoms with van der Waals surface area (Å²) >= 11 is 0. The van der Waals surface area contributed by atoms with Gasteiger partial charge < -0.3 is 10.9 Å². The van der Waals surface area contributed by atoms with Crippen molar-refractivity contribution < 1.29 is 18.4 Å². The van der Waals surface area contributed by atoms with Gasteiger partial charge >= 0.3 is 0 Å². The molecule has 6 heteroatoms. The molecule has 0 radical (unpaired) electrons. The first-order chi connectivity index (χ1) is 6.56. The molecule has 1 rings (SSSR count). The van der Waals surface area contributed by atoms with Crippen LogP contribution in [0.2, 0.25) is 0 Å². The molecule has 1 aromatic carbocycles. The number of benzene rings is 1. The third kappa shape index (κ3) is 1.95. The van der Waals surface area contributed by atoms with Gasteiger partial charge in [0.25, 0.3) is 0 Å². The topological polar surface area (TPSA) is 58.6 Å². The van der Waals surface area contributed by atoms with E-state index in [1.165, 1.54) is 0 Å². The van der Waals surface area contributed by atoms with Gasteiger partial charge in [0.2, 0.25) is 0 Å². The molecule has 0 bridgehead atoms. The molecule has 14 heavy (non-hydrogen) atoms. The average molecular weight is 204 g/mol. The number of hydrogen-bond donors (Lipinski definition) is 2. The fourth-order valence-corrected chi connectivity index (χ4v) is 0.948. The highest BCUT2D eigenvalue weighted by Crippen LogP contribution is 2.16. The first kappa shape index (κ1) is 10.4. The number of amidine groups is 1. The van der Waals surface area contributed by atoms with Crippen molar-refractivity contribution >= 4 is 5.84 Å². The summed E-state index contributed by atoms with van der Waals surface area (Å²) in [6, 6.07) is 1.44. The van der Waals surface area contributed by atoms with Gasteiger partial charge in [0.1, 0.15) is 11.7 Å². The van der Waals surface area contributed by atoms with Gasteiger partial charge in [-0.15, -0.1) is 0 Å². The quantitative estimate of drug-likeness (QED) is 0.251. The van der Waals surface area contributed by atoms with Crippen LogP contribution in [0.3, 0.4) is 0 Å². The Hall–Kier alpha value is -1.72. The van der Waals surface area contributed by atoms with E-state index in [2.05, 4.69) is 5.16 Å². The van der Waals surface area contributed by atoms with Crippen LogP contribution in [0.25, 0.3) is 0 Å². The largest absolute Gasteiger partial charge is 0.409 e. The van der Waals surface area contributed by atoms with Crippen molar-refractivity contribution in [3.8, 4) is 0 Å². The molecule has 76 valence electrons. The smallest absolute Gasteiger partial charge is 0.165 e. The highest BCUT2D eigenvalue weighted by molar-refractivity contribution is 5.82. The first-order valence-electron chi connectivity index (χ1n) is 3.65. The van der Waals surface area contributed by atoms with E-state index in [0.717, 1.165) is 6.07 Å². The van der Waals surface area contributed by atoms with Gasteiger partial charge in [-0.05, 0) is 12.1 Å². The Kier molecular flexibility index (Phi) is 2.95. The lowest BCUT2D eigenvalue weighted by Gasteiger charge is -2.03. The monoisotopic (exact) mass is 204 g/mol. The maximum atomic E-state index is 13.0. The van der Waals surface area contributed by atoms with Crippen molar-refractivity contribution in [3.63, 3.8) is 0 Å². The standard InChI is InChI=1S/C8H7F3N2O/c9-5-1-2-6(10)8(11)4(5)3-7(12)13-14/h1-2,14H,3H2,(H2,12,13). The second-order valence-corrected chi connectivity index (χ2v) is 2.59. The van der Waals surface area contributed by atoms with E-state index in [0.29, 0.717) is 6.07 Å². The number of oxime groups is 1. The summed E-state index contributed by atoms with van der Waals surface area (Å²) in [6.45, 7) is 0. The van der Waals surface area contributed by atoms with Gasteiger partial charge in [0.15, 0.2) is 11.6 Å². The normalized spacial score (nSPS) is 11.8. The first-order valence-corrected chi connectivity index (χ1v) is 3.65. The summed E-state index contributed by atoms with van der Waals surface area (Å²) < 4.78 is 38.5. The molecule has 0 heterocycles. The van der Waals surface area contributed by atoms with Crippen LogP contribution < -0.4 is 5.73 Å². The summed E-state index contributed by atoms with van der Waals surface area (Å²) in [6.07, 6.45) is -0.480. The van der Waals surface area contributed by atoms with Crippen LogP contribution in [-0.4, -0.2) is 11.0 Å². The minimum absolute atomic E-state index is 0.395. The molecule has 0 aromatic heterocycles. The summed E-state index contributed by atoms with van der Waals surface area (Å²) in [7, 11) is 0. The molecule has 0 aliphatic rings. The molecule has 0 aliphatic carbocycles. The van der Waals surface area contributed by atoms with Crippen LogP contribution in [0, 0.1) is 17.5 Å². The molecule has 0 aliphatic heterocycles. The predicted octanol–water partition coefficient (Wildman–Crippen LogP) is 1.39. The Morgan fingerprint density at radius 3 is 2.43 bits per heavy atom. The fourth-order valence-electron chi connectivity index (χ4n) is 0.948. The van der Waals surface area contributed by atoms with Crippen LogP contribution in [0.15, 0.2) is 17.3 Å². The van der Waals surface area contributed by atoms with E-state index in [4.69, 9.17) is 10.9 Å². The molecular formula is C8H7F3N2O. The number of nitrogens with two attached hydrogens (primary N) is 1. The van der Waals surface area contributed by atoms with Crippen LogP contribution in [0.1, 0.15) is 5.56 Å². The van der Waals surface area contributed by atoms with Gasteiger partial charge in [0, 0.05) is 12.0 Å². The second kappa shape index (κ2) is 3.99. The van der Waals surface area contributed by atoms with Crippen LogP contribution in [0.4, 0.5) is 13.2 Å². The maximum Gasteiger partial charge on any atom is 0.165 e. The highest BCUT2D eigenvalue weighted by atomic mass is 19.2. The molecule has 0 atom stereocenters. The Morgan fingerprint density at radius 2 is 1.86 bits per heavy atom. The third-order valence-electron chi connectivity index (χ3n) is 1.63. The lowest BCUT2D eigenvalue weighted by Crippen LogP contribution is -2.17. The minimum Gasteiger partial charge on any atom is -0.409 e. The average Bonchev–Trinajstić information content (AvgIpc) is 2.18. The van der Waals surface area contributed by atoms with Crippen molar-refractivity contribution in [2.24, 2.45) is 10.9 Å². The number of hydrogen-bond acceptors (Lipinski definition) is 2. The van der Waals surface area contributed by atoms with Crippen LogP contribution in [-0.2, 0) is 6.42 Å². The van der Waals surface area contributed by atoms with E-state index in [1.54, 1.807) is 0 Å². The molecular weight excluding hydrogens is 197 g/mol. The van der Waals surface area contributed by atoms with Crippen LogP contribution in [0.5, 0.6) is 0 Å². The van der Waals surface area contributed by atoms with E-state index in [-0.39, 0.29) is 0 Å². The van der Waals surface area contributed by atoms with Gasteiger partial charge in [-0.1, -0.05) is 5.16 Å². The fraction of sp³-hybridized carbons (Fsp3) is 0.125. The van der Waals surface area contributed by atoms with E-state index in [9.17, 15) is 13.2 Å². The van der Waals surface area contributed by atoms with Crippen molar-refractivity contribution in [1.29, 1.82) is 0 Å². The van der Waals surface area contributed by atoms with Gasteiger partial charge in [-0.25, -0.2) is 13.2 Å². The van der Waals surface area contributed by atoms with Crippen molar-refractivity contribution in [2.75, 3.05) is 0 Å². The van der Waals surface area contributed by atoms with Gasteiger partial charge in [-0.2, -0.15) is 0 Å². The molecule has 1 aromatic rings. The Balaban J connectivity index is 3.13. The predicted molar refractivity (Wildman–Crippen MR) is 43.4 cm³/mol. The van der Waals surface area contributed by atoms with E-state index >= 15 is 0 Å². The zero-order valence-electron chi connectivity index (χ0n) is 6.97. The molecule has 0 saturated heterocycles. The zero-order chi connectivity index (χ0) is 10.7. The summed E-state index contributed by atoms with van der Waals surface area (Å²) in [5, 5.41) is 10.7. The Morgan fingerprint density at radius 1 is 1.29 bits per heavy atom. The molecule has 0 saturated carbocycles. The summed E-state index contributed by atoms with van der Waals surface area (Å²) in [5.41, 5.74) is 4.48. The Labute approximate surface area is 77.6 Å². The minimum atomic E-state index is -1.32. The molecule has 0 spiro atoms. The molecule has 0 amide bonds. The maximum absolute atomic E-state index is 13.0. The van der Waals surface area contributed by atoms with Crippen molar-refractivity contribution in [3.05, 3.63) is 35.1 Å². The lowest BCUT2D eigenvalue weighted by atomic mass is 10.1. The second-order valence-electron chi connectivity index (χ2n) is 2.59. The van der Waals surface area contributed by atoms with Crippen LogP contribution >= 0.6 is 0 Å². The number of nitrogens with zero attached hydrogens (tertiary/aromatic N) is 1. The summed E-state index contributed by atoms with van der Waals surface area (Å²) in [4.78, 5) is 0. The SMILES string of the molecule is N/C(Cc1c(F)ccc(F)c1F)=N/O. The number of halogens is 3. The lowest BCUT2D eigenvalue weighted by molar-refractivity contribution is 0.317. The van der Waals surface area contributed by atoms with Gasteiger partial charge in [0.05, 0.1) is 0 Å². The molecule has 0 fully saturated rings. The third-order valence-corrected chi connectivity index (χ3v) is 1.63. The molecule has 3 N–H and O–H groups in total. The van der Waals surface area contributed by atoms with Gasteiger partial charge in [-0.3, -0.25) is 0 Å². The van der Waals surface area contributed by atoms with Crippen molar-refractivity contribution in [1.82, 2.24) is 0 Å². The van der Waals surface area contributed by atoms with Crippen molar-refractivity contribution in [2.45, 2.75) is 6.42 Å².